The fraction of sp³-hybridized carbons (Fsp3) is 0.850. The van der Waals surface area contributed by atoms with Gasteiger partial charge in [-0.05, 0) is 45.3 Å². The van der Waals surface area contributed by atoms with E-state index in [0.29, 0.717) is 6.61 Å². The van der Waals surface area contributed by atoms with Crippen molar-refractivity contribution < 1.29 is 19.7 Å². The Kier molecular flexibility index (Phi) is 15.1. The molecule has 0 fully saturated rings. The van der Waals surface area contributed by atoms with E-state index in [1.54, 1.807) is 6.08 Å². The summed E-state index contributed by atoms with van der Waals surface area (Å²) in [7, 11) is 0. The van der Waals surface area contributed by atoms with E-state index in [1.165, 1.54) is 51.4 Å². The van der Waals surface area contributed by atoms with Gasteiger partial charge in [-0.2, -0.15) is 0 Å². The van der Waals surface area contributed by atoms with Gasteiger partial charge < -0.3 is 4.74 Å². The Morgan fingerprint density at radius 2 is 1.25 bits per heavy atom. The van der Waals surface area contributed by atoms with Crippen molar-refractivity contribution in [2.45, 2.75) is 103 Å². The normalized spacial score (nSPS) is 12.0. The molecule has 0 saturated heterocycles. The second-order valence-electron chi connectivity index (χ2n) is 7.44. The number of hydrogen-bond acceptors (Lipinski definition) is 3. The topological polar surface area (TPSA) is 55.4 Å². The lowest BCUT2D eigenvalue weighted by Gasteiger charge is -2.17. The Hall–Kier alpha value is -0.870. The highest BCUT2D eigenvalue weighted by molar-refractivity contribution is 5.82. The summed E-state index contributed by atoms with van der Waals surface area (Å²) in [6.07, 6.45) is 17.8. The summed E-state index contributed by atoms with van der Waals surface area (Å²) in [5, 5.41) is 9.80. The van der Waals surface area contributed by atoms with Crippen LogP contribution in [0.2, 0.25) is 0 Å². The third kappa shape index (κ3) is 19.2. The average Bonchev–Trinajstić information content (AvgIpc) is 2.49. The zero-order valence-corrected chi connectivity index (χ0v) is 16.0. The van der Waals surface area contributed by atoms with Gasteiger partial charge >= 0.3 is 5.97 Å². The summed E-state index contributed by atoms with van der Waals surface area (Å²) in [4.78, 5) is 15.3. The maximum absolute atomic E-state index is 11.5. The quantitative estimate of drug-likeness (QED) is 0.122. The van der Waals surface area contributed by atoms with Gasteiger partial charge in [0.15, 0.2) is 0 Å². The van der Waals surface area contributed by atoms with Gasteiger partial charge in [0.25, 0.3) is 0 Å². The second-order valence-corrected chi connectivity index (χ2v) is 7.44. The van der Waals surface area contributed by atoms with Gasteiger partial charge in [-0.1, -0.05) is 63.9 Å². The SMILES string of the molecule is CC(C)(C)OC(=O)C=CCCCCCCCCCCCCCO[O]. The molecule has 0 aromatic carbocycles. The first-order chi connectivity index (χ1) is 11.5. The molecule has 0 saturated carbocycles. The molecule has 0 aliphatic carbocycles. The van der Waals surface area contributed by atoms with Crippen LogP contribution in [-0.4, -0.2) is 18.2 Å². The molecule has 141 valence electrons. The van der Waals surface area contributed by atoms with Crippen molar-refractivity contribution in [3.05, 3.63) is 12.2 Å². The van der Waals surface area contributed by atoms with Crippen LogP contribution in [0.5, 0.6) is 0 Å². The van der Waals surface area contributed by atoms with Crippen LogP contribution in [0.3, 0.4) is 0 Å². The van der Waals surface area contributed by atoms with Gasteiger partial charge in [0.05, 0.1) is 6.61 Å². The molecule has 0 amide bonds. The zero-order chi connectivity index (χ0) is 18.1. The van der Waals surface area contributed by atoms with Crippen LogP contribution in [0, 0.1) is 0 Å². The summed E-state index contributed by atoms with van der Waals surface area (Å²) < 4.78 is 5.21. The van der Waals surface area contributed by atoms with Crippen LogP contribution in [0.15, 0.2) is 12.2 Å². The Morgan fingerprint density at radius 1 is 0.792 bits per heavy atom. The second kappa shape index (κ2) is 15.6. The summed E-state index contributed by atoms with van der Waals surface area (Å²) in [5.41, 5.74) is -0.410. The molecule has 0 atom stereocenters. The Bertz CT molecular complexity index is 318. The molecule has 0 N–H and O–H groups in total. The summed E-state index contributed by atoms with van der Waals surface area (Å²) in [6.45, 7) is 5.99. The molecule has 0 aromatic heterocycles. The van der Waals surface area contributed by atoms with E-state index in [4.69, 9.17) is 4.74 Å². The maximum atomic E-state index is 11.5. The summed E-state index contributed by atoms with van der Waals surface area (Å²) in [5.74, 6) is -0.247. The maximum Gasteiger partial charge on any atom is 0.330 e. The number of unbranched alkanes of at least 4 members (excludes halogenated alkanes) is 11. The first kappa shape index (κ1) is 23.1. The highest BCUT2D eigenvalue weighted by Gasteiger charge is 2.13. The number of esters is 1. The lowest BCUT2D eigenvalue weighted by atomic mass is 10.1. The molecule has 0 bridgehead atoms. The van der Waals surface area contributed by atoms with Gasteiger partial charge in [-0.25, -0.2) is 9.68 Å². The lowest BCUT2D eigenvalue weighted by molar-refractivity contribution is -0.303. The van der Waals surface area contributed by atoms with Crippen molar-refractivity contribution in [3.8, 4) is 0 Å². The van der Waals surface area contributed by atoms with Crippen LogP contribution in [0.25, 0.3) is 0 Å². The Morgan fingerprint density at radius 3 is 1.71 bits per heavy atom. The van der Waals surface area contributed by atoms with E-state index < -0.39 is 5.60 Å². The van der Waals surface area contributed by atoms with Crippen LogP contribution in [-0.2, 0) is 19.7 Å². The molecule has 4 nitrogen and oxygen atoms in total. The lowest BCUT2D eigenvalue weighted by Crippen LogP contribution is -2.22. The number of carbonyl (C=O) groups is 1. The molecule has 0 rings (SSSR count). The Labute approximate surface area is 148 Å². The van der Waals surface area contributed by atoms with E-state index in [0.717, 1.165) is 25.7 Å². The van der Waals surface area contributed by atoms with Crippen molar-refractivity contribution in [2.75, 3.05) is 6.61 Å². The molecule has 0 unspecified atom stereocenters. The van der Waals surface area contributed by atoms with Crippen LogP contribution >= 0.6 is 0 Å². The summed E-state index contributed by atoms with van der Waals surface area (Å²) in [6, 6.07) is 0. The molecule has 0 aliphatic heterocycles. The number of allylic oxidation sites excluding steroid dienone is 1. The van der Waals surface area contributed by atoms with E-state index in [1.807, 2.05) is 26.8 Å². The van der Waals surface area contributed by atoms with Crippen LogP contribution in [0.4, 0.5) is 0 Å². The first-order valence-electron chi connectivity index (χ1n) is 9.60. The first-order valence-corrected chi connectivity index (χ1v) is 9.60. The Balaban J connectivity index is 3.24. The fourth-order valence-electron chi connectivity index (χ4n) is 2.53. The standard InChI is InChI=1S/C20H37O4/c1-20(2,3)24-19(21)17-15-13-11-9-7-5-4-6-8-10-12-14-16-18-23-22/h15,17H,4-14,16,18H2,1-3H3. The number of carbonyl (C=O) groups excluding carboxylic acids is 1. The molecule has 0 heterocycles. The molecule has 0 spiro atoms. The largest absolute Gasteiger partial charge is 0.457 e. The predicted octanol–water partition coefficient (Wildman–Crippen LogP) is 5.93. The van der Waals surface area contributed by atoms with Crippen molar-refractivity contribution in [1.29, 1.82) is 0 Å². The molecule has 0 aliphatic rings. The van der Waals surface area contributed by atoms with Crippen LogP contribution < -0.4 is 0 Å². The zero-order valence-electron chi connectivity index (χ0n) is 16.0. The average molecular weight is 342 g/mol. The van der Waals surface area contributed by atoms with Crippen molar-refractivity contribution >= 4 is 5.97 Å². The predicted molar refractivity (Wildman–Crippen MR) is 97.0 cm³/mol. The fourth-order valence-corrected chi connectivity index (χ4v) is 2.53. The third-order valence-electron chi connectivity index (χ3n) is 3.76. The van der Waals surface area contributed by atoms with Gasteiger partial charge in [0, 0.05) is 6.08 Å². The van der Waals surface area contributed by atoms with E-state index in [2.05, 4.69) is 4.89 Å². The number of rotatable bonds is 15. The van der Waals surface area contributed by atoms with Gasteiger partial charge in [-0.3, -0.25) is 0 Å². The molecule has 24 heavy (non-hydrogen) atoms. The van der Waals surface area contributed by atoms with Crippen LogP contribution in [0.1, 0.15) is 97.8 Å². The van der Waals surface area contributed by atoms with E-state index >= 15 is 0 Å². The summed E-state index contributed by atoms with van der Waals surface area (Å²) >= 11 is 0. The molecule has 1 radical (unpaired) electrons. The minimum absolute atomic E-state index is 0.247. The third-order valence-corrected chi connectivity index (χ3v) is 3.76. The van der Waals surface area contributed by atoms with Gasteiger partial charge in [-0.15, -0.1) is 0 Å². The monoisotopic (exact) mass is 341 g/mol. The van der Waals surface area contributed by atoms with Crippen molar-refractivity contribution in [2.24, 2.45) is 0 Å². The minimum Gasteiger partial charge on any atom is -0.457 e. The highest BCUT2D eigenvalue weighted by Crippen LogP contribution is 2.12. The molecule has 0 aromatic rings. The van der Waals surface area contributed by atoms with Gasteiger partial charge in [0.1, 0.15) is 5.60 Å². The molecular weight excluding hydrogens is 304 g/mol. The number of hydrogen-bond donors (Lipinski definition) is 0. The van der Waals surface area contributed by atoms with Crippen molar-refractivity contribution in [1.82, 2.24) is 0 Å². The smallest absolute Gasteiger partial charge is 0.330 e. The van der Waals surface area contributed by atoms with Crippen molar-refractivity contribution in [3.63, 3.8) is 0 Å². The molecule has 4 heteroatoms. The minimum atomic E-state index is -0.410. The number of ether oxygens (including phenoxy) is 1. The molecular formula is C20H37O4. The highest BCUT2D eigenvalue weighted by atomic mass is 17.1. The van der Waals surface area contributed by atoms with E-state index in [-0.39, 0.29) is 5.97 Å². The van der Waals surface area contributed by atoms with E-state index in [9.17, 15) is 10.1 Å². The van der Waals surface area contributed by atoms with Gasteiger partial charge in [0.2, 0.25) is 0 Å².